The number of hydrogen-bond donors (Lipinski definition) is 0. The average Bonchev–Trinajstić information content (AvgIpc) is 1.87. The van der Waals surface area contributed by atoms with E-state index in [1.165, 1.54) is 0 Å². The van der Waals surface area contributed by atoms with Crippen LogP contribution in [0.3, 0.4) is 0 Å². The van der Waals surface area contributed by atoms with E-state index in [1.54, 1.807) is 19.1 Å². The van der Waals surface area contributed by atoms with Crippen molar-refractivity contribution in [2.24, 2.45) is 0 Å². The fourth-order valence-electron chi connectivity index (χ4n) is 0.533. The van der Waals surface area contributed by atoms with Crippen LogP contribution in [0.4, 0.5) is 0 Å². The standard InChI is InChI=1S/C9H14O/c1-3-4-5-6-7-8-9(2)10/h5-8H,3-4H2,1-2H3/b6-5?,8-7+. The maximum absolute atomic E-state index is 10.4. The zero-order valence-electron chi connectivity index (χ0n) is 6.63. The first-order chi connectivity index (χ1) is 4.77. The van der Waals surface area contributed by atoms with E-state index in [-0.39, 0.29) is 5.78 Å². The van der Waals surface area contributed by atoms with Gasteiger partial charge in [-0.05, 0) is 19.4 Å². The molecule has 0 aliphatic heterocycles. The highest BCUT2D eigenvalue weighted by molar-refractivity contribution is 5.87. The van der Waals surface area contributed by atoms with Crippen LogP contribution in [0.5, 0.6) is 0 Å². The van der Waals surface area contributed by atoms with Crippen LogP contribution in [-0.2, 0) is 4.79 Å². The molecule has 0 aromatic rings. The van der Waals surface area contributed by atoms with Crippen molar-refractivity contribution >= 4 is 5.78 Å². The fraction of sp³-hybridized carbons (Fsp3) is 0.444. The van der Waals surface area contributed by atoms with Crippen molar-refractivity contribution in [3.8, 4) is 0 Å². The predicted molar refractivity (Wildman–Crippen MR) is 43.9 cm³/mol. The molecular weight excluding hydrogens is 124 g/mol. The minimum absolute atomic E-state index is 0.0983. The van der Waals surface area contributed by atoms with Gasteiger partial charge in [-0.15, -0.1) is 0 Å². The monoisotopic (exact) mass is 138 g/mol. The minimum atomic E-state index is 0.0983. The lowest BCUT2D eigenvalue weighted by molar-refractivity contribution is -0.112. The Balaban J connectivity index is 3.42. The summed E-state index contributed by atoms with van der Waals surface area (Å²) in [5, 5.41) is 0. The molecule has 56 valence electrons. The van der Waals surface area contributed by atoms with Gasteiger partial charge in [0, 0.05) is 0 Å². The molecule has 0 spiro atoms. The summed E-state index contributed by atoms with van der Waals surface area (Å²) in [5.74, 6) is 0.0983. The first-order valence-corrected chi connectivity index (χ1v) is 3.61. The fourth-order valence-corrected chi connectivity index (χ4v) is 0.533. The average molecular weight is 138 g/mol. The Kier molecular flexibility index (Phi) is 5.74. The molecule has 0 saturated carbocycles. The summed E-state index contributed by atoms with van der Waals surface area (Å²) in [7, 11) is 0. The Labute approximate surface area is 62.4 Å². The van der Waals surface area contributed by atoms with Gasteiger partial charge in [0.2, 0.25) is 0 Å². The van der Waals surface area contributed by atoms with Crippen molar-refractivity contribution in [3.63, 3.8) is 0 Å². The number of hydrogen-bond acceptors (Lipinski definition) is 1. The van der Waals surface area contributed by atoms with Crippen LogP contribution >= 0.6 is 0 Å². The van der Waals surface area contributed by atoms with Crippen molar-refractivity contribution in [2.75, 3.05) is 0 Å². The van der Waals surface area contributed by atoms with Gasteiger partial charge in [-0.25, -0.2) is 0 Å². The van der Waals surface area contributed by atoms with Gasteiger partial charge in [0.15, 0.2) is 5.78 Å². The summed E-state index contributed by atoms with van der Waals surface area (Å²) in [6.45, 7) is 3.67. The SMILES string of the molecule is CCCC=C/C=C/C(C)=O. The Morgan fingerprint density at radius 1 is 1.40 bits per heavy atom. The second-order valence-electron chi connectivity index (χ2n) is 2.19. The lowest BCUT2D eigenvalue weighted by Gasteiger charge is -1.79. The van der Waals surface area contributed by atoms with Crippen LogP contribution in [0.2, 0.25) is 0 Å². The van der Waals surface area contributed by atoms with E-state index in [0.29, 0.717) is 0 Å². The van der Waals surface area contributed by atoms with Crippen molar-refractivity contribution in [1.82, 2.24) is 0 Å². The van der Waals surface area contributed by atoms with Gasteiger partial charge in [-0.2, -0.15) is 0 Å². The maximum Gasteiger partial charge on any atom is 0.152 e. The molecule has 0 bridgehead atoms. The summed E-state index contributed by atoms with van der Waals surface area (Å²) in [6.07, 6.45) is 9.54. The summed E-state index contributed by atoms with van der Waals surface area (Å²) >= 11 is 0. The minimum Gasteiger partial charge on any atom is -0.295 e. The highest BCUT2D eigenvalue weighted by Gasteiger charge is 1.76. The molecule has 0 N–H and O–H groups in total. The highest BCUT2D eigenvalue weighted by atomic mass is 16.1. The van der Waals surface area contributed by atoms with Crippen molar-refractivity contribution < 1.29 is 4.79 Å². The largest absolute Gasteiger partial charge is 0.295 e. The molecular formula is C9H14O. The molecule has 0 atom stereocenters. The van der Waals surface area contributed by atoms with Crippen LogP contribution in [0.15, 0.2) is 24.3 Å². The molecule has 0 aromatic heterocycles. The molecule has 0 saturated heterocycles. The summed E-state index contributed by atoms with van der Waals surface area (Å²) < 4.78 is 0. The van der Waals surface area contributed by atoms with Gasteiger partial charge in [0.1, 0.15) is 0 Å². The lowest BCUT2D eigenvalue weighted by atomic mass is 10.3. The second-order valence-corrected chi connectivity index (χ2v) is 2.19. The topological polar surface area (TPSA) is 17.1 Å². The third kappa shape index (κ3) is 7.15. The first-order valence-electron chi connectivity index (χ1n) is 3.61. The molecule has 0 aliphatic rings. The van der Waals surface area contributed by atoms with E-state index in [2.05, 4.69) is 13.0 Å². The molecule has 0 aliphatic carbocycles. The Hall–Kier alpha value is -0.850. The predicted octanol–water partition coefficient (Wildman–Crippen LogP) is 2.49. The second kappa shape index (κ2) is 6.27. The molecule has 0 heterocycles. The summed E-state index contributed by atoms with van der Waals surface area (Å²) in [6, 6.07) is 0. The van der Waals surface area contributed by atoms with Gasteiger partial charge >= 0.3 is 0 Å². The normalized spacial score (nSPS) is 11.4. The molecule has 0 amide bonds. The molecule has 0 aromatic carbocycles. The molecule has 0 radical (unpaired) electrons. The van der Waals surface area contributed by atoms with E-state index in [0.717, 1.165) is 12.8 Å². The smallest absolute Gasteiger partial charge is 0.152 e. The third-order valence-corrected chi connectivity index (χ3v) is 1.03. The van der Waals surface area contributed by atoms with Gasteiger partial charge < -0.3 is 0 Å². The number of carbonyl (C=O) groups excluding carboxylic acids is 1. The van der Waals surface area contributed by atoms with Gasteiger partial charge in [0.05, 0.1) is 0 Å². The number of ketones is 1. The zero-order chi connectivity index (χ0) is 7.82. The van der Waals surface area contributed by atoms with E-state index >= 15 is 0 Å². The van der Waals surface area contributed by atoms with Crippen LogP contribution in [-0.4, -0.2) is 5.78 Å². The molecule has 10 heavy (non-hydrogen) atoms. The third-order valence-electron chi connectivity index (χ3n) is 1.03. The van der Waals surface area contributed by atoms with Gasteiger partial charge in [-0.3, -0.25) is 4.79 Å². The van der Waals surface area contributed by atoms with Gasteiger partial charge in [-0.1, -0.05) is 31.6 Å². The first kappa shape index (κ1) is 9.15. The summed E-state index contributed by atoms with van der Waals surface area (Å²) in [5.41, 5.74) is 0. The Morgan fingerprint density at radius 2 is 2.10 bits per heavy atom. The zero-order valence-corrected chi connectivity index (χ0v) is 6.63. The maximum atomic E-state index is 10.4. The van der Waals surface area contributed by atoms with Crippen LogP contribution in [0.1, 0.15) is 26.7 Å². The quantitative estimate of drug-likeness (QED) is 0.431. The van der Waals surface area contributed by atoms with E-state index in [9.17, 15) is 4.79 Å². The van der Waals surface area contributed by atoms with Crippen LogP contribution in [0.25, 0.3) is 0 Å². The number of rotatable bonds is 4. The van der Waals surface area contributed by atoms with E-state index in [4.69, 9.17) is 0 Å². The Morgan fingerprint density at radius 3 is 2.60 bits per heavy atom. The van der Waals surface area contributed by atoms with Gasteiger partial charge in [0.25, 0.3) is 0 Å². The molecule has 0 rings (SSSR count). The summed E-state index contributed by atoms with van der Waals surface area (Å²) in [4.78, 5) is 10.4. The Bertz CT molecular complexity index is 143. The lowest BCUT2D eigenvalue weighted by Crippen LogP contribution is -1.77. The van der Waals surface area contributed by atoms with Crippen molar-refractivity contribution in [3.05, 3.63) is 24.3 Å². The van der Waals surface area contributed by atoms with E-state index < -0.39 is 0 Å². The van der Waals surface area contributed by atoms with Crippen molar-refractivity contribution in [2.45, 2.75) is 26.7 Å². The molecule has 0 fully saturated rings. The van der Waals surface area contributed by atoms with Crippen LogP contribution < -0.4 is 0 Å². The highest BCUT2D eigenvalue weighted by Crippen LogP contribution is 1.88. The molecule has 1 nitrogen and oxygen atoms in total. The molecule has 1 heteroatoms. The number of allylic oxidation sites excluding steroid dienone is 4. The number of carbonyl (C=O) groups is 1. The van der Waals surface area contributed by atoms with E-state index in [1.807, 2.05) is 6.08 Å². The van der Waals surface area contributed by atoms with Crippen LogP contribution in [0, 0.1) is 0 Å². The van der Waals surface area contributed by atoms with Crippen molar-refractivity contribution in [1.29, 1.82) is 0 Å². The molecule has 0 unspecified atom stereocenters. The number of unbranched alkanes of at least 4 members (excludes halogenated alkanes) is 1.